The van der Waals surface area contributed by atoms with E-state index in [-0.39, 0.29) is 0 Å². The van der Waals surface area contributed by atoms with Gasteiger partial charge < -0.3 is 4.74 Å². The van der Waals surface area contributed by atoms with Crippen LogP contribution in [0.3, 0.4) is 0 Å². The topological polar surface area (TPSA) is 22.1 Å². The van der Waals surface area contributed by atoms with Crippen LogP contribution in [0, 0.1) is 3.70 Å². The van der Waals surface area contributed by atoms with E-state index in [1.807, 2.05) is 30.3 Å². The molecule has 0 amide bonds. The van der Waals surface area contributed by atoms with Crippen molar-refractivity contribution < 1.29 is 8.85 Å². The Bertz CT molecular complexity index is 578. The molecule has 17 heavy (non-hydrogen) atoms. The van der Waals surface area contributed by atoms with Crippen LogP contribution in [0.15, 0.2) is 47.5 Å². The first-order chi connectivity index (χ1) is 9.44. The van der Waals surface area contributed by atoms with Crippen molar-refractivity contribution in [3.63, 3.8) is 0 Å². The van der Waals surface area contributed by atoms with Crippen LogP contribution in [-0.4, -0.2) is 12.0 Å². The van der Waals surface area contributed by atoms with Gasteiger partial charge in [0.1, 0.15) is 8.73 Å². The van der Waals surface area contributed by atoms with E-state index in [0.29, 0.717) is 16.5 Å². The Morgan fingerprint density at radius 3 is 2.88 bits per heavy atom. The fraction of sp³-hybridized carbons (Fsp3) is 0.154. The normalized spacial score (nSPS) is 13.6. The minimum Gasteiger partial charge on any atom is -0.494 e. The molecule has 0 spiro atoms. The second kappa shape index (κ2) is 6.26. The number of hydrogen-bond donors (Lipinski definition) is 0. The molecule has 0 radical (unpaired) electrons. The lowest BCUT2D eigenvalue weighted by Gasteiger charge is -2.07. The Kier molecular flexibility index (Phi) is 3.39. The van der Waals surface area contributed by atoms with Crippen molar-refractivity contribution in [2.45, 2.75) is 10.8 Å². The molecule has 1 heterocycles. The van der Waals surface area contributed by atoms with Gasteiger partial charge in [-0.3, -0.25) is 0 Å². The highest BCUT2D eigenvalue weighted by Gasteiger charge is 2.06. The number of methoxy groups -OCH3 is 1. The highest BCUT2D eigenvalue weighted by Crippen LogP contribution is 2.30. The Balaban J connectivity index is 2.15. The molecule has 0 N–H and O–H groups in total. The molecule has 0 saturated heterocycles. The quantitative estimate of drug-likeness (QED) is 0.468. The summed E-state index contributed by atoms with van der Waals surface area (Å²) in [5.41, 5.74) is 1.15. The highest BCUT2D eigenvalue weighted by molar-refractivity contribution is 14.1. The number of pyridine rings is 1. The zero-order chi connectivity index (χ0) is 14.6. The maximum absolute atomic E-state index is 7.19. The number of nitrogens with zero attached hydrogens (tertiary/aromatic N) is 1. The summed E-state index contributed by atoms with van der Waals surface area (Å²) in [5.74, 6) is 1.01. The van der Waals surface area contributed by atoms with Crippen LogP contribution in [0.25, 0.3) is 0 Å². The van der Waals surface area contributed by atoms with Gasteiger partial charge >= 0.3 is 0 Å². The number of halogens is 1. The van der Waals surface area contributed by atoms with Crippen molar-refractivity contribution in [3.05, 3.63) is 51.7 Å². The average molecular weight is 360 g/mol. The maximum atomic E-state index is 7.19. The lowest BCUT2D eigenvalue weighted by Crippen LogP contribution is -1.92. The van der Waals surface area contributed by atoms with Crippen LogP contribution in [-0.2, 0) is 5.75 Å². The standard InChI is InChI=1S/C13H12INOS/c1-16-11-7-8-12(14)15-13(11)17-9-10-5-3-2-4-6-10/h2-8H,9H2,1H3/i1D3. The Hall–Kier alpha value is -0.750. The highest BCUT2D eigenvalue weighted by atomic mass is 127. The SMILES string of the molecule is [2H]C([2H])([2H])Oc1ccc(I)nc1SCc1ccccc1. The summed E-state index contributed by atoms with van der Waals surface area (Å²) in [7, 11) is -2.46. The van der Waals surface area contributed by atoms with E-state index in [9.17, 15) is 0 Å². The summed E-state index contributed by atoms with van der Waals surface area (Å²) in [4.78, 5) is 4.35. The molecular weight excluding hydrogens is 345 g/mol. The van der Waals surface area contributed by atoms with Crippen LogP contribution in [0.1, 0.15) is 9.68 Å². The van der Waals surface area contributed by atoms with Gasteiger partial charge in [0.05, 0.1) is 11.2 Å². The molecule has 0 aliphatic carbocycles. The largest absolute Gasteiger partial charge is 0.494 e. The molecular formula is C13H12INOS. The predicted molar refractivity (Wildman–Crippen MR) is 79.5 cm³/mol. The molecule has 0 atom stereocenters. The molecule has 0 fully saturated rings. The van der Waals surface area contributed by atoms with Gasteiger partial charge in [-0.1, -0.05) is 42.1 Å². The summed E-state index contributed by atoms with van der Waals surface area (Å²) in [6, 6.07) is 13.3. The molecule has 4 heteroatoms. The third-order valence-electron chi connectivity index (χ3n) is 2.12. The van der Waals surface area contributed by atoms with Crippen LogP contribution >= 0.6 is 34.4 Å². The van der Waals surface area contributed by atoms with Crippen molar-refractivity contribution in [2.24, 2.45) is 0 Å². The third-order valence-corrected chi connectivity index (χ3v) is 3.76. The van der Waals surface area contributed by atoms with Crippen LogP contribution in [0.4, 0.5) is 0 Å². The second-order valence-corrected chi connectivity index (χ2v) is 5.38. The minimum atomic E-state index is -2.46. The summed E-state index contributed by atoms with van der Waals surface area (Å²) >= 11 is 3.56. The lowest BCUT2D eigenvalue weighted by molar-refractivity contribution is 0.400. The van der Waals surface area contributed by atoms with Gasteiger partial charge in [-0.2, -0.15) is 0 Å². The smallest absolute Gasteiger partial charge is 0.151 e. The summed E-state index contributed by atoms with van der Waals surface area (Å²) in [6.45, 7) is 0. The van der Waals surface area contributed by atoms with Crippen LogP contribution in [0.5, 0.6) is 5.75 Å². The molecule has 0 saturated carbocycles. The first-order valence-electron chi connectivity index (χ1n) is 6.46. The molecule has 0 bridgehead atoms. The van der Waals surface area contributed by atoms with Gasteiger partial charge in [0.25, 0.3) is 0 Å². The van der Waals surface area contributed by atoms with E-state index in [1.54, 1.807) is 12.1 Å². The predicted octanol–water partition coefficient (Wildman–Crippen LogP) is 3.99. The number of rotatable bonds is 4. The van der Waals surface area contributed by atoms with Crippen molar-refractivity contribution in [3.8, 4) is 5.75 Å². The number of benzene rings is 1. The summed E-state index contributed by atoms with van der Waals surface area (Å²) in [6.07, 6.45) is 0. The number of hydrogen-bond acceptors (Lipinski definition) is 3. The van der Waals surface area contributed by atoms with Crippen molar-refractivity contribution in [1.29, 1.82) is 0 Å². The van der Waals surface area contributed by atoms with Crippen molar-refractivity contribution in [1.82, 2.24) is 4.98 Å². The fourth-order valence-electron chi connectivity index (χ4n) is 1.31. The Labute approximate surface area is 123 Å². The van der Waals surface area contributed by atoms with Crippen molar-refractivity contribution >= 4 is 34.4 Å². The molecule has 88 valence electrons. The van der Waals surface area contributed by atoms with Crippen LogP contribution in [0.2, 0.25) is 0 Å². The average Bonchev–Trinajstić information content (AvgIpc) is 2.39. The van der Waals surface area contributed by atoms with E-state index in [0.717, 1.165) is 9.26 Å². The zero-order valence-electron chi connectivity index (χ0n) is 11.9. The fourth-order valence-corrected chi connectivity index (χ4v) is 2.81. The third kappa shape index (κ3) is 3.61. The summed E-state index contributed by atoms with van der Waals surface area (Å²) < 4.78 is 27.4. The first-order valence-corrected chi connectivity index (χ1v) is 7.03. The molecule has 2 aromatic rings. The summed E-state index contributed by atoms with van der Waals surface area (Å²) in [5, 5.41) is 0.594. The Morgan fingerprint density at radius 2 is 2.12 bits per heavy atom. The Morgan fingerprint density at radius 1 is 1.29 bits per heavy atom. The van der Waals surface area contributed by atoms with E-state index in [1.165, 1.54) is 11.8 Å². The first kappa shape index (κ1) is 9.22. The molecule has 2 nitrogen and oxygen atoms in total. The number of aromatic nitrogens is 1. The van der Waals surface area contributed by atoms with E-state index in [2.05, 4.69) is 27.6 Å². The van der Waals surface area contributed by atoms with E-state index in [4.69, 9.17) is 8.85 Å². The zero-order valence-corrected chi connectivity index (χ0v) is 11.9. The van der Waals surface area contributed by atoms with Gasteiger partial charge in [0, 0.05) is 5.75 Å². The van der Waals surface area contributed by atoms with Gasteiger partial charge in [-0.05, 0) is 40.3 Å². The van der Waals surface area contributed by atoms with Gasteiger partial charge in [0.2, 0.25) is 0 Å². The molecule has 0 unspecified atom stereocenters. The molecule has 2 rings (SSSR count). The van der Waals surface area contributed by atoms with Crippen LogP contribution < -0.4 is 4.74 Å². The van der Waals surface area contributed by atoms with E-state index >= 15 is 0 Å². The maximum Gasteiger partial charge on any atom is 0.151 e. The van der Waals surface area contributed by atoms with Crippen molar-refractivity contribution in [2.75, 3.05) is 7.04 Å². The molecule has 1 aromatic heterocycles. The van der Waals surface area contributed by atoms with Gasteiger partial charge in [0.15, 0.2) is 5.75 Å². The second-order valence-electron chi connectivity index (χ2n) is 3.31. The number of ether oxygens (including phenoxy) is 1. The molecule has 0 aliphatic rings. The van der Waals surface area contributed by atoms with Gasteiger partial charge in [-0.25, -0.2) is 4.98 Å². The monoisotopic (exact) mass is 360 g/mol. The van der Waals surface area contributed by atoms with E-state index < -0.39 is 7.04 Å². The minimum absolute atomic E-state index is 0.298. The molecule has 1 aromatic carbocycles. The lowest BCUT2D eigenvalue weighted by atomic mass is 10.2. The molecule has 0 aliphatic heterocycles. The number of thioether (sulfide) groups is 1. The van der Waals surface area contributed by atoms with Gasteiger partial charge in [-0.15, -0.1) is 0 Å².